The first kappa shape index (κ1) is 24.1. The molecule has 1 aromatic carbocycles. The van der Waals surface area contributed by atoms with Crippen LogP contribution in [0.2, 0.25) is 0 Å². The third kappa shape index (κ3) is 5.72. The first-order valence-corrected chi connectivity index (χ1v) is 12.9. The molecule has 3 heterocycles. The number of piperazine rings is 1. The quantitative estimate of drug-likeness (QED) is 0.566. The van der Waals surface area contributed by atoms with Gasteiger partial charge in [0.05, 0.1) is 19.5 Å². The van der Waals surface area contributed by atoms with Crippen molar-refractivity contribution in [2.75, 3.05) is 69.0 Å². The van der Waals surface area contributed by atoms with Crippen molar-refractivity contribution >= 4 is 27.8 Å². The van der Waals surface area contributed by atoms with Gasteiger partial charge in [0.2, 0.25) is 27.8 Å². The van der Waals surface area contributed by atoms with Gasteiger partial charge in [0.1, 0.15) is 11.8 Å². The Morgan fingerprint density at radius 3 is 2.44 bits per heavy atom. The molecule has 1 unspecified atom stereocenters. The number of carbonyl (C=O) groups is 1. The molecule has 0 saturated carbocycles. The van der Waals surface area contributed by atoms with Gasteiger partial charge in [-0.2, -0.15) is 19.3 Å². The average Bonchev–Trinajstić information content (AvgIpc) is 2.83. The molecule has 12 nitrogen and oxygen atoms in total. The van der Waals surface area contributed by atoms with E-state index in [2.05, 4.69) is 20.3 Å². The summed E-state index contributed by atoms with van der Waals surface area (Å²) in [6.07, 6.45) is 1.17. The molecule has 0 radical (unpaired) electrons. The number of nitrogens with one attached hydrogen (secondary N) is 1. The van der Waals surface area contributed by atoms with Crippen molar-refractivity contribution in [3.05, 3.63) is 24.3 Å². The predicted molar refractivity (Wildman–Crippen MR) is 126 cm³/mol. The number of phenolic OH excluding ortho intramolecular Hbond substituents is 1. The molecule has 13 heteroatoms. The second-order valence-corrected chi connectivity index (χ2v) is 10.3. The number of amides is 1. The van der Waals surface area contributed by atoms with Gasteiger partial charge in [-0.15, -0.1) is 0 Å². The van der Waals surface area contributed by atoms with Gasteiger partial charge in [-0.05, 0) is 19.1 Å². The third-order valence-corrected chi connectivity index (χ3v) is 7.06. The Morgan fingerprint density at radius 2 is 1.79 bits per heavy atom. The number of ether oxygens (including phenoxy) is 1. The van der Waals surface area contributed by atoms with Crippen LogP contribution in [-0.4, -0.2) is 108 Å². The van der Waals surface area contributed by atoms with E-state index in [4.69, 9.17) is 4.74 Å². The summed E-state index contributed by atoms with van der Waals surface area (Å²) in [6, 6.07) is 5.99. The Hall–Kier alpha value is -3.03. The zero-order chi connectivity index (χ0) is 24.3. The van der Waals surface area contributed by atoms with Gasteiger partial charge in [-0.25, -0.2) is 8.42 Å². The van der Waals surface area contributed by atoms with Crippen LogP contribution >= 0.6 is 0 Å². The number of morpholine rings is 1. The Morgan fingerprint density at radius 1 is 1.09 bits per heavy atom. The molecule has 4 rings (SSSR count). The van der Waals surface area contributed by atoms with Crippen molar-refractivity contribution in [1.29, 1.82) is 0 Å². The fourth-order valence-electron chi connectivity index (χ4n) is 3.88. The van der Waals surface area contributed by atoms with Crippen LogP contribution in [0.5, 0.6) is 5.75 Å². The summed E-state index contributed by atoms with van der Waals surface area (Å²) in [5.41, 5.74) is 0.621. The molecule has 2 N–H and O–H groups in total. The van der Waals surface area contributed by atoms with Gasteiger partial charge >= 0.3 is 0 Å². The summed E-state index contributed by atoms with van der Waals surface area (Å²) in [4.78, 5) is 30.2. The number of benzene rings is 1. The largest absolute Gasteiger partial charge is 0.508 e. The van der Waals surface area contributed by atoms with Crippen molar-refractivity contribution in [3.63, 3.8) is 0 Å². The molecule has 34 heavy (non-hydrogen) atoms. The van der Waals surface area contributed by atoms with E-state index < -0.39 is 16.1 Å². The van der Waals surface area contributed by atoms with Gasteiger partial charge in [-0.1, -0.05) is 12.1 Å². The number of phenols is 1. The predicted octanol–water partition coefficient (Wildman–Crippen LogP) is -0.0150. The summed E-state index contributed by atoms with van der Waals surface area (Å²) in [5, 5.41) is 13.0. The molecule has 1 aromatic heterocycles. The molecule has 0 aliphatic carbocycles. The summed E-state index contributed by atoms with van der Waals surface area (Å²) in [6.45, 7) is 5.28. The standard InChI is InChI=1S/C21H29N7O5S/c1-15(19(30)26-6-8-28(9-7-26)34(2,31)32)22-20-23-18(16-4-3-5-17(29)14-16)24-21(25-20)27-10-12-33-13-11-27/h3-5,14-15,29H,6-13H2,1-2H3,(H,22,23,24,25). The lowest BCUT2D eigenvalue weighted by Crippen LogP contribution is -2.53. The van der Waals surface area contributed by atoms with Gasteiger partial charge in [0.25, 0.3) is 0 Å². The van der Waals surface area contributed by atoms with Crippen molar-refractivity contribution in [3.8, 4) is 17.1 Å². The number of anilines is 2. The van der Waals surface area contributed by atoms with E-state index in [1.807, 2.05) is 4.90 Å². The van der Waals surface area contributed by atoms with E-state index in [9.17, 15) is 18.3 Å². The van der Waals surface area contributed by atoms with Crippen LogP contribution in [0.15, 0.2) is 24.3 Å². The first-order chi connectivity index (χ1) is 16.2. The molecular formula is C21H29N7O5S. The zero-order valence-corrected chi connectivity index (χ0v) is 20.0. The van der Waals surface area contributed by atoms with E-state index in [1.165, 1.54) is 10.6 Å². The number of carbonyl (C=O) groups excluding carboxylic acids is 1. The van der Waals surface area contributed by atoms with Gasteiger partial charge in [-0.3, -0.25) is 4.79 Å². The highest BCUT2D eigenvalue weighted by atomic mass is 32.2. The molecule has 2 saturated heterocycles. The fourth-order valence-corrected chi connectivity index (χ4v) is 4.70. The molecule has 184 valence electrons. The van der Waals surface area contributed by atoms with E-state index in [0.29, 0.717) is 56.7 Å². The maximum absolute atomic E-state index is 13.0. The minimum atomic E-state index is -3.27. The smallest absolute Gasteiger partial charge is 0.244 e. The lowest BCUT2D eigenvalue weighted by molar-refractivity contribution is -0.132. The number of aromatic nitrogens is 3. The van der Waals surface area contributed by atoms with Crippen LogP contribution in [0.25, 0.3) is 11.4 Å². The molecule has 2 aliphatic rings. The molecule has 0 spiro atoms. The minimum Gasteiger partial charge on any atom is -0.508 e. The van der Waals surface area contributed by atoms with Crippen LogP contribution in [-0.2, 0) is 19.6 Å². The van der Waals surface area contributed by atoms with Crippen molar-refractivity contribution in [1.82, 2.24) is 24.2 Å². The molecule has 2 aliphatic heterocycles. The lowest BCUT2D eigenvalue weighted by atomic mass is 10.2. The molecule has 0 bridgehead atoms. The highest BCUT2D eigenvalue weighted by Gasteiger charge is 2.29. The Bertz CT molecular complexity index is 1130. The highest BCUT2D eigenvalue weighted by Crippen LogP contribution is 2.24. The minimum absolute atomic E-state index is 0.0946. The summed E-state index contributed by atoms with van der Waals surface area (Å²) >= 11 is 0. The summed E-state index contributed by atoms with van der Waals surface area (Å²) in [7, 11) is -3.27. The number of hydrogen-bond acceptors (Lipinski definition) is 10. The fraction of sp³-hybridized carbons (Fsp3) is 0.524. The number of sulfonamides is 1. The second-order valence-electron chi connectivity index (χ2n) is 8.29. The number of nitrogens with zero attached hydrogens (tertiary/aromatic N) is 6. The van der Waals surface area contributed by atoms with E-state index >= 15 is 0 Å². The highest BCUT2D eigenvalue weighted by molar-refractivity contribution is 7.88. The molecule has 2 fully saturated rings. The van der Waals surface area contributed by atoms with Crippen molar-refractivity contribution in [2.45, 2.75) is 13.0 Å². The van der Waals surface area contributed by atoms with Crippen LogP contribution in [0.4, 0.5) is 11.9 Å². The molecular weight excluding hydrogens is 462 g/mol. The monoisotopic (exact) mass is 491 g/mol. The van der Waals surface area contributed by atoms with Gasteiger partial charge in [0, 0.05) is 44.8 Å². The Labute approximate surface area is 198 Å². The average molecular weight is 492 g/mol. The van der Waals surface area contributed by atoms with Crippen LogP contribution in [0, 0.1) is 0 Å². The van der Waals surface area contributed by atoms with Crippen molar-refractivity contribution < 1.29 is 23.1 Å². The van der Waals surface area contributed by atoms with Crippen LogP contribution in [0.1, 0.15) is 6.92 Å². The topological polar surface area (TPSA) is 141 Å². The normalized spacial score (nSPS) is 18.5. The Kier molecular flexibility index (Phi) is 7.14. The SMILES string of the molecule is CC(Nc1nc(-c2cccc(O)c2)nc(N2CCOCC2)n1)C(=O)N1CCN(S(C)(=O)=O)CC1. The first-order valence-electron chi connectivity index (χ1n) is 11.1. The van der Waals surface area contributed by atoms with Crippen LogP contribution in [0.3, 0.4) is 0 Å². The second kappa shape index (κ2) is 10.1. The number of rotatable bonds is 6. The summed E-state index contributed by atoms with van der Waals surface area (Å²) in [5.74, 6) is 1.000. The Balaban J connectivity index is 1.53. The molecule has 1 atom stereocenters. The van der Waals surface area contributed by atoms with E-state index in [-0.39, 0.29) is 30.7 Å². The maximum atomic E-state index is 13.0. The maximum Gasteiger partial charge on any atom is 0.244 e. The van der Waals surface area contributed by atoms with Gasteiger partial charge in [0.15, 0.2) is 5.82 Å². The lowest BCUT2D eigenvalue weighted by Gasteiger charge is -2.34. The van der Waals surface area contributed by atoms with E-state index in [1.54, 1.807) is 36.1 Å². The zero-order valence-electron chi connectivity index (χ0n) is 19.2. The van der Waals surface area contributed by atoms with E-state index in [0.717, 1.165) is 0 Å². The summed E-state index contributed by atoms with van der Waals surface area (Å²) < 4.78 is 30.3. The van der Waals surface area contributed by atoms with Crippen molar-refractivity contribution in [2.24, 2.45) is 0 Å². The molecule has 2 aromatic rings. The molecule has 1 amide bonds. The van der Waals surface area contributed by atoms with Gasteiger partial charge < -0.3 is 25.0 Å². The third-order valence-electron chi connectivity index (χ3n) is 5.76. The number of hydrogen-bond donors (Lipinski definition) is 2. The number of aromatic hydroxyl groups is 1. The van der Waals surface area contributed by atoms with Crippen LogP contribution < -0.4 is 10.2 Å².